The highest BCUT2D eigenvalue weighted by atomic mass is 16.6. The number of amides is 1. The highest BCUT2D eigenvalue weighted by Gasteiger charge is 2.21. The van der Waals surface area contributed by atoms with Crippen LogP contribution in [0.1, 0.15) is 87.8 Å². The highest BCUT2D eigenvalue weighted by molar-refractivity contribution is 5.93. The van der Waals surface area contributed by atoms with Crippen LogP contribution >= 0.6 is 0 Å². The first-order valence-electron chi connectivity index (χ1n) is 20.9. The maximum Gasteiger partial charge on any atom is 0.407 e. The minimum Gasteiger partial charge on any atom is -0.507 e. The first kappa shape index (κ1) is 45.2. The topological polar surface area (TPSA) is 200 Å². The van der Waals surface area contributed by atoms with E-state index >= 15 is 0 Å². The lowest BCUT2D eigenvalue weighted by atomic mass is 9.96. The van der Waals surface area contributed by atoms with Gasteiger partial charge >= 0.3 is 6.09 Å². The monoisotopic (exact) mass is 825 g/mol. The largest absolute Gasteiger partial charge is 0.507 e. The van der Waals surface area contributed by atoms with Crippen LogP contribution in [0.3, 0.4) is 0 Å². The molecule has 2 aliphatic carbocycles. The third-order valence-corrected chi connectivity index (χ3v) is 10.4. The highest BCUT2D eigenvalue weighted by Crippen LogP contribution is 2.36. The molecule has 4 aromatic rings. The van der Waals surface area contributed by atoms with E-state index in [-0.39, 0.29) is 20.4 Å². The van der Waals surface area contributed by atoms with E-state index in [4.69, 9.17) is 29.4 Å². The minimum atomic E-state index is -0.390. The summed E-state index contributed by atoms with van der Waals surface area (Å²) in [7, 11) is 3.05. The number of hydrogen-bond acceptors (Lipinski definition) is 15. The van der Waals surface area contributed by atoms with Gasteiger partial charge in [0.2, 0.25) is 11.8 Å². The Morgan fingerprint density at radius 3 is 1.51 bits per heavy atom. The molecule has 0 unspecified atom stereocenters. The Labute approximate surface area is 350 Å². The van der Waals surface area contributed by atoms with Crippen molar-refractivity contribution in [3.05, 3.63) is 36.9 Å². The number of rotatable bonds is 5. The van der Waals surface area contributed by atoms with Crippen molar-refractivity contribution in [3.8, 4) is 23.3 Å². The quantitative estimate of drug-likeness (QED) is 0.161. The molecule has 4 heterocycles. The summed E-state index contributed by atoms with van der Waals surface area (Å²) in [5.41, 5.74) is 8.47. The number of benzene rings is 2. The van der Waals surface area contributed by atoms with E-state index in [1.165, 1.54) is 78.2 Å². The molecular weight excluding hydrogens is 757 g/mol. The Kier molecular flexibility index (Phi) is 17.2. The molecule has 1 amide bonds. The van der Waals surface area contributed by atoms with Gasteiger partial charge in [0.1, 0.15) is 40.5 Å². The summed E-state index contributed by atoms with van der Waals surface area (Å²) in [6.45, 7) is 11.7. The maximum absolute atomic E-state index is 11.4. The molecule has 8 rings (SSSR count). The second-order valence-electron chi connectivity index (χ2n) is 16.1. The average molecular weight is 825 g/mol. The number of aromatic nitrogens is 4. The zero-order chi connectivity index (χ0) is 42.2. The minimum absolute atomic E-state index is 0. The summed E-state index contributed by atoms with van der Waals surface area (Å²) in [5, 5.41) is 24.4. The number of carbonyl (C=O) groups is 1. The molecule has 2 aromatic carbocycles. The third-order valence-electron chi connectivity index (χ3n) is 10.4. The molecule has 0 spiro atoms. The van der Waals surface area contributed by atoms with Crippen LogP contribution in [0.15, 0.2) is 36.9 Å². The van der Waals surface area contributed by atoms with Crippen LogP contribution in [0.2, 0.25) is 0 Å². The summed E-state index contributed by atoms with van der Waals surface area (Å²) in [4.78, 5) is 32.1. The molecule has 59 heavy (non-hydrogen) atoms. The summed E-state index contributed by atoms with van der Waals surface area (Å²) in [5.74, 6) is 1.04. The van der Waals surface area contributed by atoms with Gasteiger partial charge < -0.3 is 54.7 Å². The van der Waals surface area contributed by atoms with Gasteiger partial charge in [-0.25, -0.2) is 24.7 Å². The zero-order valence-electron chi connectivity index (χ0n) is 35.5. The van der Waals surface area contributed by atoms with Crippen molar-refractivity contribution in [2.75, 3.05) is 76.6 Å². The number of methoxy groups -OCH3 is 2. The van der Waals surface area contributed by atoms with Crippen LogP contribution in [-0.4, -0.2) is 121 Å². The predicted molar refractivity (Wildman–Crippen MR) is 233 cm³/mol. The number of carbonyl (C=O) groups excluding carboxylic acids is 1. The van der Waals surface area contributed by atoms with Gasteiger partial charge in [-0.05, 0) is 58.6 Å². The number of hydrogen-bond donors (Lipinski definition) is 4. The second-order valence-corrected chi connectivity index (χ2v) is 16.1. The lowest BCUT2D eigenvalue weighted by Gasteiger charge is -2.29. The molecule has 2 saturated heterocycles. The first-order valence-corrected chi connectivity index (χ1v) is 20.9. The van der Waals surface area contributed by atoms with Crippen LogP contribution in [0.4, 0.5) is 16.2 Å². The van der Waals surface area contributed by atoms with Crippen molar-refractivity contribution in [2.24, 2.45) is 5.73 Å². The molecule has 328 valence electrons. The second kappa shape index (κ2) is 22.4. The van der Waals surface area contributed by atoms with Gasteiger partial charge in [0, 0.05) is 64.6 Å². The van der Waals surface area contributed by atoms with Gasteiger partial charge in [0.25, 0.3) is 0 Å². The Morgan fingerprint density at radius 2 is 1.14 bits per heavy atom. The van der Waals surface area contributed by atoms with Gasteiger partial charge in [-0.2, -0.15) is 0 Å². The van der Waals surface area contributed by atoms with E-state index in [0.29, 0.717) is 72.1 Å². The van der Waals surface area contributed by atoms with Crippen molar-refractivity contribution in [1.29, 1.82) is 0 Å². The zero-order valence-corrected chi connectivity index (χ0v) is 35.5. The van der Waals surface area contributed by atoms with E-state index in [1.807, 2.05) is 32.9 Å². The maximum atomic E-state index is 11.4. The van der Waals surface area contributed by atoms with Crippen LogP contribution in [0.5, 0.6) is 23.3 Å². The molecule has 4 aliphatic rings. The van der Waals surface area contributed by atoms with Gasteiger partial charge in [0.15, 0.2) is 0 Å². The Balaban J connectivity index is 0.000000225. The number of nitrogens with one attached hydrogen (secondary N) is 1. The summed E-state index contributed by atoms with van der Waals surface area (Å²) < 4.78 is 26.1. The fourth-order valence-corrected chi connectivity index (χ4v) is 7.43. The van der Waals surface area contributed by atoms with Crippen molar-refractivity contribution in [2.45, 2.75) is 103 Å². The molecule has 0 bridgehead atoms. The van der Waals surface area contributed by atoms with Gasteiger partial charge in [-0.1, -0.05) is 38.5 Å². The lowest BCUT2D eigenvalue weighted by Crippen LogP contribution is -2.39. The Morgan fingerprint density at radius 1 is 0.712 bits per heavy atom. The summed E-state index contributed by atoms with van der Waals surface area (Å²) in [6.07, 6.45) is 15.2. The van der Waals surface area contributed by atoms with Crippen LogP contribution < -0.4 is 30.3 Å². The van der Waals surface area contributed by atoms with E-state index in [9.17, 15) is 15.0 Å². The number of alkyl carbamates (subject to hydrolysis) is 1. The number of fused-ring (bicyclic) bond motifs is 2. The normalized spacial score (nSPS) is 17.7. The number of phenols is 2. The van der Waals surface area contributed by atoms with Gasteiger partial charge in [0.05, 0.1) is 51.7 Å². The molecule has 0 atom stereocenters. The van der Waals surface area contributed by atoms with E-state index < -0.39 is 5.60 Å². The SMILES string of the molecule is CC(C)(C)OC(=O)NC1CCCCC1.COc1ncnc2cc(N3CCOCC3)cc(O)c12.COc1ncnc2cc(N3CCOCC3)cc(O)c12.NC1CCCCC1.[HH].[HH]. The van der Waals surface area contributed by atoms with Crippen LogP contribution in [-0.2, 0) is 14.2 Å². The molecule has 2 saturated carbocycles. The van der Waals surface area contributed by atoms with Gasteiger partial charge in [-0.3, -0.25) is 0 Å². The number of nitrogens with zero attached hydrogens (tertiary/aromatic N) is 6. The third kappa shape index (κ3) is 13.8. The predicted octanol–water partition coefficient (Wildman–Crippen LogP) is 6.97. The van der Waals surface area contributed by atoms with Crippen molar-refractivity contribution >= 4 is 39.3 Å². The van der Waals surface area contributed by atoms with Crippen molar-refractivity contribution in [1.82, 2.24) is 25.3 Å². The Bertz CT molecular complexity index is 1810. The summed E-state index contributed by atoms with van der Waals surface area (Å²) >= 11 is 0. The molecular formula is C43H68N8O8. The number of phenolic OH excluding ortho intramolecular Hbond substituents is 2. The first-order chi connectivity index (χ1) is 28.5. The molecule has 2 aromatic heterocycles. The fourth-order valence-electron chi connectivity index (χ4n) is 7.43. The molecule has 4 fully saturated rings. The number of morpholine rings is 2. The number of aromatic hydroxyl groups is 2. The smallest absolute Gasteiger partial charge is 0.407 e. The van der Waals surface area contributed by atoms with Gasteiger partial charge in [-0.15, -0.1) is 0 Å². The van der Waals surface area contributed by atoms with E-state index in [1.54, 1.807) is 12.1 Å². The fraction of sp³-hybridized carbons (Fsp3) is 0.605. The molecule has 16 nitrogen and oxygen atoms in total. The Hall–Kier alpha value is -4.93. The standard InChI is InChI=1S/2C13H15N3O3.C11H21NO2.C6H13N.2H2/c2*1-18-13-12-10(14-8-15-13)6-9(7-11(12)17)16-2-4-19-5-3-16;1-11(2,3)14-10(13)12-9-7-5-4-6-8-9;7-6-4-2-1-3-5-6;;/h2*6-8,17H,2-5H2,1H3;9H,4-8H2,1-3H3,(H,12,13);6H,1-5,7H2;2*1H. The molecule has 5 N–H and O–H groups in total. The van der Waals surface area contributed by atoms with E-state index in [0.717, 1.165) is 50.4 Å². The van der Waals surface area contributed by atoms with Crippen molar-refractivity contribution < 1.29 is 41.5 Å². The molecule has 2 aliphatic heterocycles. The summed E-state index contributed by atoms with van der Waals surface area (Å²) in [6, 6.07) is 8.18. The van der Waals surface area contributed by atoms with Crippen LogP contribution in [0.25, 0.3) is 21.8 Å². The van der Waals surface area contributed by atoms with E-state index in [2.05, 4.69) is 35.1 Å². The lowest BCUT2D eigenvalue weighted by molar-refractivity contribution is 0.0493. The number of ether oxygens (including phenoxy) is 5. The number of anilines is 2. The van der Waals surface area contributed by atoms with Crippen molar-refractivity contribution in [3.63, 3.8) is 0 Å². The molecule has 0 radical (unpaired) electrons. The average Bonchev–Trinajstić information content (AvgIpc) is 3.24. The number of nitrogens with two attached hydrogens (primary N) is 1. The van der Waals surface area contributed by atoms with Crippen LogP contribution in [0, 0.1) is 0 Å². The molecule has 16 heteroatoms.